The highest BCUT2D eigenvalue weighted by molar-refractivity contribution is 7.14. The van der Waals surface area contributed by atoms with Crippen LogP contribution in [0, 0.1) is 5.92 Å². The molecule has 0 bridgehead atoms. The highest BCUT2D eigenvalue weighted by atomic mass is 32.1. The van der Waals surface area contributed by atoms with Gasteiger partial charge in [-0.15, -0.1) is 11.3 Å². The van der Waals surface area contributed by atoms with Crippen molar-refractivity contribution in [3.05, 3.63) is 53.4 Å². The van der Waals surface area contributed by atoms with Gasteiger partial charge in [-0.3, -0.25) is 10.1 Å². The Kier molecular flexibility index (Phi) is 5.48. The SMILES string of the molecule is O=C(NCc1ccccc1)C1CCN(C(=O)Nc2cccs2)CC1. The summed E-state index contributed by atoms with van der Waals surface area (Å²) in [6.07, 6.45) is 1.41. The van der Waals surface area contributed by atoms with Crippen molar-refractivity contribution in [3.63, 3.8) is 0 Å². The molecule has 0 radical (unpaired) electrons. The lowest BCUT2D eigenvalue weighted by molar-refractivity contribution is -0.126. The molecular weight excluding hydrogens is 322 g/mol. The Morgan fingerprint density at radius 2 is 1.83 bits per heavy atom. The van der Waals surface area contributed by atoms with Crippen LogP contribution in [0.3, 0.4) is 0 Å². The zero-order valence-corrected chi connectivity index (χ0v) is 14.2. The first kappa shape index (κ1) is 16.5. The van der Waals surface area contributed by atoms with Gasteiger partial charge in [-0.05, 0) is 35.9 Å². The number of rotatable bonds is 4. The molecule has 3 rings (SSSR count). The topological polar surface area (TPSA) is 61.4 Å². The third-order valence-electron chi connectivity index (χ3n) is 4.21. The van der Waals surface area contributed by atoms with E-state index in [1.54, 1.807) is 4.90 Å². The minimum atomic E-state index is -0.0828. The van der Waals surface area contributed by atoms with Gasteiger partial charge in [-0.25, -0.2) is 4.79 Å². The molecule has 1 aromatic carbocycles. The number of piperidine rings is 1. The summed E-state index contributed by atoms with van der Waals surface area (Å²) in [5.41, 5.74) is 1.10. The monoisotopic (exact) mass is 343 g/mol. The molecule has 0 aliphatic carbocycles. The fourth-order valence-corrected chi connectivity index (χ4v) is 3.42. The standard InChI is InChI=1S/C18H21N3O2S/c22-17(19-13-14-5-2-1-3-6-14)15-8-10-21(11-9-15)18(23)20-16-7-4-12-24-16/h1-7,12,15H,8-11,13H2,(H,19,22)(H,20,23). The number of likely N-dealkylation sites (tertiary alicyclic amines) is 1. The summed E-state index contributed by atoms with van der Waals surface area (Å²) >= 11 is 1.50. The van der Waals surface area contributed by atoms with E-state index in [9.17, 15) is 9.59 Å². The Labute approximate surface area is 145 Å². The fraction of sp³-hybridized carbons (Fsp3) is 0.333. The highest BCUT2D eigenvalue weighted by Gasteiger charge is 2.27. The Morgan fingerprint density at radius 3 is 2.50 bits per heavy atom. The Bertz CT molecular complexity index is 665. The lowest BCUT2D eigenvalue weighted by Gasteiger charge is -2.31. The first-order valence-electron chi connectivity index (χ1n) is 8.13. The normalized spacial score (nSPS) is 15.1. The number of anilines is 1. The Balaban J connectivity index is 1.42. The number of hydrogen-bond acceptors (Lipinski definition) is 3. The smallest absolute Gasteiger partial charge is 0.322 e. The second-order valence-electron chi connectivity index (χ2n) is 5.87. The molecule has 1 aromatic heterocycles. The number of benzene rings is 1. The summed E-state index contributed by atoms with van der Waals surface area (Å²) in [5.74, 6) is 0.0664. The van der Waals surface area contributed by atoms with Crippen molar-refractivity contribution in [2.45, 2.75) is 19.4 Å². The molecule has 24 heavy (non-hydrogen) atoms. The first-order chi connectivity index (χ1) is 11.7. The molecule has 5 nitrogen and oxygen atoms in total. The van der Waals surface area contributed by atoms with Crippen LogP contribution in [-0.2, 0) is 11.3 Å². The number of carbonyl (C=O) groups excluding carboxylic acids is 2. The second kappa shape index (κ2) is 7.97. The third-order valence-corrected chi connectivity index (χ3v) is 5.00. The van der Waals surface area contributed by atoms with Crippen LogP contribution >= 0.6 is 11.3 Å². The van der Waals surface area contributed by atoms with E-state index in [-0.39, 0.29) is 17.9 Å². The summed E-state index contributed by atoms with van der Waals surface area (Å²) in [4.78, 5) is 26.2. The molecule has 2 N–H and O–H groups in total. The average Bonchev–Trinajstić information content (AvgIpc) is 3.13. The molecule has 3 amide bonds. The molecule has 0 spiro atoms. The second-order valence-corrected chi connectivity index (χ2v) is 6.82. The molecule has 0 atom stereocenters. The van der Waals surface area contributed by atoms with E-state index in [1.165, 1.54) is 11.3 Å². The number of nitrogens with one attached hydrogen (secondary N) is 2. The molecule has 126 valence electrons. The summed E-state index contributed by atoms with van der Waals surface area (Å²) < 4.78 is 0. The highest BCUT2D eigenvalue weighted by Crippen LogP contribution is 2.20. The van der Waals surface area contributed by atoms with Gasteiger partial charge in [0.1, 0.15) is 0 Å². The molecule has 6 heteroatoms. The molecule has 1 saturated heterocycles. The summed E-state index contributed by atoms with van der Waals surface area (Å²) in [6.45, 7) is 1.78. The minimum Gasteiger partial charge on any atom is -0.352 e. The van der Waals surface area contributed by atoms with Crippen molar-refractivity contribution >= 4 is 28.3 Å². The zero-order chi connectivity index (χ0) is 16.8. The van der Waals surface area contributed by atoms with Crippen molar-refractivity contribution in [2.75, 3.05) is 18.4 Å². The van der Waals surface area contributed by atoms with Gasteiger partial charge in [0.2, 0.25) is 5.91 Å². The summed E-state index contributed by atoms with van der Waals surface area (Å²) in [5, 5.41) is 8.66. The summed E-state index contributed by atoms with van der Waals surface area (Å²) in [6, 6.07) is 13.6. The average molecular weight is 343 g/mol. The van der Waals surface area contributed by atoms with E-state index in [2.05, 4.69) is 10.6 Å². The van der Waals surface area contributed by atoms with Crippen LogP contribution in [-0.4, -0.2) is 29.9 Å². The van der Waals surface area contributed by atoms with Gasteiger partial charge in [0.25, 0.3) is 0 Å². The lowest BCUT2D eigenvalue weighted by atomic mass is 9.96. The van der Waals surface area contributed by atoms with Crippen LogP contribution in [0.1, 0.15) is 18.4 Å². The zero-order valence-electron chi connectivity index (χ0n) is 13.4. The van der Waals surface area contributed by atoms with Crippen molar-refractivity contribution < 1.29 is 9.59 Å². The fourth-order valence-electron chi connectivity index (χ4n) is 2.81. The number of amides is 3. The minimum absolute atomic E-state index is 0.0144. The van der Waals surface area contributed by atoms with Crippen LogP contribution in [0.15, 0.2) is 47.8 Å². The molecule has 1 fully saturated rings. The molecule has 1 aliphatic heterocycles. The number of hydrogen-bond donors (Lipinski definition) is 2. The van der Waals surface area contributed by atoms with Crippen LogP contribution in [0.2, 0.25) is 0 Å². The third kappa shape index (κ3) is 4.35. The molecule has 2 aromatic rings. The molecular formula is C18H21N3O2S. The molecule has 0 unspecified atom stereocenters. The van der Waals surface area contributed by atoms with Gasteiger partial charge >= 0.3 is 6.03 Å². The van der Waals surface area contributed by atoms with E-state index in [1.807, 2.05) is 47.8 Å². The molecule has 0 saturated carbocycles. The van der Waals surface area contributed by atoms with Crippen LogP contribution < -0.4 is 10.6 Å². The van der Waals surface area contributed by atoms with E-state index >= 15 is 0 Å². The Hall–Kier alpha value is -2.34. The maximum atomic E-state index is 12.3. The van der Waals surface area contributed by atoms with Crippen LogP contribution in [0.4, 0.5) is 9.80 Å². The van der Waals surface area contributed by atoms with Gasteiger partial charge in [-0.2, -0.15) is 0 Å². The van der Waals surface area contributed by atoms with Gasteiger partial charge in [0.05, 0.1) is 5.00 Å². The maximum Gasteiger partial charge on any atom is 0.322 e. The number of nitrogens with zero attached hydrogens (tertiary/aromatic N) is 1. The van der Waals surface area contributed by atoms with Gasteiger partial charge < -0.3 is 10.2 Å². The summed E-state index contributed by atoms with van der Waals surface area (Å²) in [7, 11) is 0. The van der Waals surface area contributed by atoms with Crippen molar-refractivity contribution in [1.82, 2.24) is 10.2 Å². The number of carbonyl (C=O) groups is 2. The number of thiophene rings is 1. The lowest BCUT2D eigenvalue weighted by Crippen LogP contribution is -2.44. The van der Waals surface area contributed by atoms with Gasteiger partial charge in [-0.1, -0.05) is 30.3 Å². The van der Waals surface area contributed by atoms with E-state index in [0.29, 0.717) is 32.5 Å². The predicted octanol–water partition coefficient (Wildman–Crippen LogP) is 3.31. The predicted molar refractivity (Wildman–Crippen MR) is 95.9 cm³/mol. The van der Waals surface area contributed by atoms with E-state index in [0.717, 1.165) is 10.6 Å². The van der Waals surface area contributed by atoms with Crippen molar-refractivity contribution in [3.8, 4) is 0 Å². The Morgan fingerprint density at radius 1 is 1.08 bits per heavy atom. The van der Waals surface area contributed by atoms with Gasteiger partial charge in [0, 0.05) is 25.6 Å². The first-order valence-corrected chi connectivity index (χ1v) is 9.01. The quantitative estimate of drug-likeness (QED) is 0.895. The largest absolute Gasteiger partial charge is 0.352 e. The van der Waals surface area contributed by atoms with Crippen LogP contribution in [0.25, 0.3) is 0 Å². The molecule has 2 heterocycles. The van der Waals surface area contributed by atoms with E-state index < -0.39 is 0 Å². The van der Waals surface area contributed by atoms with E-state index in [4.69, 9.17) is 0 Å². The van der Waals surface area contributed by atoms with Crippen molar-refractivity contribution in [2.24, 2.45) is 5.92 Å². The van der Waals surface area contributed by atoms with Gasteiger partial charge in [0.15, 0.2) is 0 Å². The van der Waals surface area contributed by atoms with Crippen molar-refractivity contribution in [1.29, 1.82) is 0 Å². The van der Waals surface area contributed by atoms with Crippen LogP contribution in [0.5, 0.6) is 0 Å². The molecule has 1 aliphatic rings. The number of urea groups is 1. The maximum absolute atomic E-state index is 12.3.